The van der Waals surface area contributed by atoms with Crippen molar-refractivity contribution >= 4 is 27.6 Å². The van der Waals surface area contributed by atoms with Gasteiger partial charge in [0.2, 0.25) is 0 Å². The van der Waals surface area contributed by atoms with Gasteiger partial charge in [-0.3, -0.25) is 9.48 Å². The number of hydrogen-bond acceptors (Lipinski definition) is 4. The molecule has 0 saturated heterocycles. The molecule has 0 aliphatic rings. The maximum Gasteiger partial charge on any atom is 0.308 e. The summed E-state index contributed by atoms with van der Waals surface area (Å²) in [4.78, 5) is 11.0. The van der Waals surface area contributed by atoms with Gasteiger partial charge >= 0.3 is 5.97 Å². The van der Waals surface area contributed by atoms with Gasteiger partial charge in [0.05, 0.1) is 17.1 Å². The molecule has 0 bridgehead atoms. The van der Waals surface area contributed by atoms with Crippen LogP contribution in [0.5, 0.6) is 0 Å². The molecule has 1 atom stereocenters. The second-order valence-corrected chi connectivity index (χ2v) is 6.55. The van der Waals surface area contributed by atoms with Gasteiger partial charge in [0.1, 0.15) is 0 Å². The van der Waals surface area contributed by atoms with E-state index in [1.807, 2.05) is 0 Å². The molecule has 2 N–H and O–H groups in total. The summed E-state index contributed by atoms with van der Waals surface area (Å²) < 4.78 is 27.4. The summed E-state index contributed by atoms with van der Waals surface area (Å²) in [6, 6.07) is 0. The topological polar surface area (TPSA) is 101 Å². The van der Waals surface area contributed by atoms with E-state index in [0.29, 0.717) is 0 Å². The molecule has 0 saturated carbocycles. The number of sulfonamides is 1. The van der Waals surface area contributed by atoms with Crippen molar-refractivity contribution in [3.05, 3.63) is 11.2 Å². The first-order valence-electron chi connectivity index (χ1n) is 5.56. The summed E-state index contributed by atoms with van der Waals surface area (Å²) in [6.45, 7) is 3.23. The fourth-order valence-electron chi connectivity index (χ4n) is 1.58. The summed E-state index contributed by atoms with van der Waals surface area (Å²) >= 11 is 5.75. The zero-order valence-electron chi connectivity index (χ0n) is 10.8. The Morgan fingerprint density at radius 1 is 1.58 bits per heavy atom. The first-order valence-corrected chi connectivity index (χ1v) is 7.43. The van der Waals surface area contributed by atoms with E-state index in [1.165, 1.54) is 13.2 Å². The number of nitrogens with one attached hydrogen (secondary N) is 1. The van der Waals surface area contributed by atoms with E-state index in [-0.39, 0.29) is 22.5 Å². The van der Waals surface area contributed by atoms with E-state index in [2.05, 4.69) is 9.82 Å². The lowest BCUT2D eigenvalue weighted by Crippen LogP contribution is -2.36. The van der Waals surface area contributed by atoms with Gasteiger partial charge in [0.15, 0.2) is 5.03 Å². The van der Waals surface area contributed by atoms with Crippen LogP contribution in [0.25, 0.3) is 0 Å². The standard InChI is InChI=1S/C10H16ClN3O4S/c1-6(2)7(10(15)16)4-13-19(17,18)9-8(11)5-12-14(9)3/h5-7,13H,4H2,1-3H3,(H,15,16). The quantitative estimate of drug-likeness (QED) is 0.806. The first kappa shape index (κ1) is 15.9. The number of aliphatic carboxylic acids is 1. The number of halogens is 1. The molecule has 0 spiro atoms. The Balaban J connectivity index is 2.90. The summed E-state index contributed by atoms with van der Waals surface area (Å²) in [5.74, 6) is -2.04. The second-order valence-electron chi connectivity index (χ2n) is 4.46. The number of carboxylic acid groups (broad SMARTS) is 1. The van der Waals surface area contributed by atoms with Crippen LogP contribution in [0.4, 0.5) is 0 Å². The van der Waals surface area contributed by atoms with Crippen LogP contribution < -0.4 is 4.72 Å². The Labute approximate surface area is 116 Å². The van der Waals surface area contributed by atoms with Gasteiger partial charge in [-0.1, -0.05) is 25.4 Å². The lowest BCUT2D eigenvalue weighted by atomic mass is 9.97. The smallest absolute Gasteiger partial charge is 0.308 e. The van der Waals surface area contributed by atoms with Gasteiger partial charge in [-0.05, 0) is 5.92 Å². The van der Waals surface area contributed by atoms with Crippen molar-refractivity contribution in [3.8, 4) is 0 Å². The summed E-state index contributed by atoms with van der Waals surface area (Å²) in [5, 5.41) is 12.5. The van der Waals surface area contributed by atoms with E-state index >= 15 is 0 Å². The van der Waals surface area contributed by atoms with Gasteiger partial charge in [-0.2, -0.15) is 5.10 Å². The Bertz CT molecular complexity index is 548. The van der Waals surface area contributed by atoms with Crippen LogP contribution in [-0.4, -0.2) is 35.8 Å². The Hall–Kier alpha value is -1.12. The Morgan fingerprint density at radius 3 is 2.53 bits per heavy atom. The lowest BCUT2D eigenvalue weighted by Gasteiger charge is -2.16. The maximum absolute atomic E-state index is 12.0. The SMILES string of the molecule is CC(C)C(CNS(=O)(=O)c1c(Cl)cnn1C)C(=O)O. The molecule has 108 valence electrons. The molecule has 1 heterocycles. The third-order valence-electron chi connectivity index (χ3n) is 2.71. The Morgan fingerprint density at radius 2 is 2.16 bits per heavy atom. The van der Waals surface area contributed by atoms with Crippen molar-refractivity contribution in [1.82, 2.24) is 14.5 Å². The minimum Gasteiger partial charge on any atom is -0.481 e. The fourth-order valence-corrected chi connectivity index (χ4v) is 3.29. The van der Waals surface area contributed by atoms with Crippen LogP contribution in [0, 0.1) is 11.8 Å². The molecule has 0 aliphatic heterocycles. The van der Waals surface area contributed by atoms with Crippen molar-refractivity contribution in [2.45, 2.75) is 18.9 Å². The number of rotatable bonds is 6. The molecule has 1 rings (SSSR count). The molecule has 1 aromatic rings. The van der Waals surface area contributed by atoms with E-state index in [1.54, 1.807) is 13.8 Å². The summed E-state index contributed by atoms with van der Waals surface area (Å²) in [5.41, 5.74) is 0. The second kappa shape index (κ2) is 5.89. The van der Waals surface area contributed by atoms with Gasteiger partial charge in [-0.15, -0.1) is 0 Å². The molecule has 0 fully saturated rings. The van der Waals surface area contributed by atoms with E-state index in [9.17, 15) is 13.2 Å². The van der Waals surface area contributed by atoms with Crippen LogP contribution in [-0.2, 0) is 21.9 Å². The highest BCUT2D eigenvalue weighted by molar-refractivity contribution is 7.89. The van der Waals surface area contributed by atoms with E-state index in [4.69, 9.17) is 16.7 Å². The first-order chi connectivity index (χ1) is 8.66. The molecule has 9 heteroatoms. The van der Waals surface area contributed by atoms with Crippen molar-refractivity contribution in [2.75, 3.05) is 6.54 Å². The predicted octanol–water partition coefficient (Wildman–Crippen LogP) is 0.709. The third kappa shape index (κ3) is 3.68. The monoisotopic (exact) mass is 309 g/mol. The number of carboxylic acids is 1. The number of hydrogen-bond donors (Lipinski definition) is 2. The minimum atomic E-state index is -3.89. The lowest BCUT2D eigenvalue weighted by molar-refractivity contribution is -0.142. The molecule has 7 nitrogen and oxygen atoms in total. The summed E-state index contributed by atoms with van der Waals surface area (Å²) in [7, 11) is -2.44. The zero-order chi connectivity index (χ0) is 14.8. The van der Waals surface area contributed by atoms with Crippen molar-refractivity contribution in [2.24, 2.45) is 18.9 Å². The molecule has 0 amide bonds. The maximum atomic E-state index is 12.0. The third-order valence-corrected chi connectivity index (χ3v) is 4.64. The van der Waals surface area contributed by atoms with Gasteiger partial charge in [0.25, 0.3) is 10.0 Å². The zero-order valence-corrected chi connectivity index (χ0v) is 12.4. The van der Waals surface area contributed by atoms with Crippen molar-refractivity contribution < 1.29 is 18.3 Å². The van der Waals surface area contributed by atoms with Crippen LogP contribution >= 0.6 is 11.6 Å². The van der Waals surface area contributed by atoms with Gasteiger partial charge < -0.3 is 5.11 Å². The summed E-state index contributed by atoms with van der Waals surface area (Å²) in [6.07, 6.45) is 1.22. The van der Waals surface area contributed by atoms with Crippen LogP contribution in [0.15, 0.2) is 11.2 Å². The highest BCUT2D eigenvalue weighted by Crippen LogP contribution is 2.20. The number of carbonyl (C=O) groups is 1. The molecular formula is C10H16ClN3O4S. The largest absolute Gasteiger partial charge is 0.481 e. The van der Waals surface area contributed by atoms with Gasteiger partial charge in [-0.25, -0.2) is 13.1 Å². The Kier molecular flexibility index (Phi) is 4.94. The van der Waals surface area contributed by atoms with Crippen LogP contribution in [0.1, 0.15) is 13.8 Å². The number of aromatic nitrogens is 2. The molecule has 1 aromatic heterocycles. The molecule has 0 aliphatic carbocycles. The average molecular weight is 310 g/mol. The van der Waals surface area contributed by atoms with Crippen molar-refractivity contribution in [1.29, 1.82) is 0 Å². The van der Waals surface area contributed by atoms with E-state index < -0.39 is 21.9 Å². The fraction of sp³-hybridized carbons (Fsp3) is 0.600. The predicted molar refractivity (Wildman–Crippen MR) is 69.4 cm³/mol. The highest BCUT2D eigenvalue weighted by Gasteiger charge is 2.27. The van der Waals surface area contributed by atoms with E-state index in [0.717, 1.165) is 4.68 Å². The highest BCUT2D eigenvalue weighted by atomic mass is 35.5. The number of aryl methyl sites for hydroxylation is 1. The average Bonchev–Trinajstić information content (AvgIpc) is 2.57. The molecule has 19 heavy (non-hydrogen) atoms. The molecule has 0 radical (unpaired) electrons. The normalized spacial score (nSPS) is 13.7. The van der Waals surface area contributed by atoms with Gasteiger partial charge in [0, 0.05) is 13.6 Å². The molecule has 0 aromatic carbocycles. The van der Waals surface area contributed by atoms with Crippen LogP contribution in [0.3, 0.4) is 0 Å². The minimum absolute atomic E-state index is 0.00794. The number of nitrogens with zero attached hydrogens (tertiary/aromatic N) is 2. The molecule has 1 unspecified atom stereocenters. The van der Waals surface area contributed by atoms with Crippen LogP contribution in [0.2, 0.25) is 5.02 Å². The van der Waals surface area contributed by atoms with Crippen molar-refractivity contribution in [3.63, 3.8) is 0 Å². The molecular weight excluding hydrogens is 294 g/mol.